The fourth-order valence-corrected chi connectivity index (χ4v) is 1.40. The molecule has 0 aromatic carbocycles. The van der Waals surface area contributed by atoms with Crippen LogP contribution in [0.3, 0.4) is 0 Å². The van der Waals surface area contributed by atoms with E-state index >= 15 is 0 Å². The molecule has 1 atom stereocenters. The van der Waals surface area contributed by atoms with Gasteiger partial charge in [-0.1, -0.05) is 6.92 Å². The van der Waals surface area contributed by atoms with Crippen molar-refractivity contribution < 1.29 is 23.9 Å². The molecule has 0 saturated carbocycles. The molecule has 1 saturated heterocycles. The van der Waals surface area contributed by atoms with Crippen molar-refractivity contribution in [3.8, 4) is 0 Å². The molecule has 0 unspecified atom stereocenters. The lowest BCUT2D eigenvalue weighted by Crippen LogP contribution is -2.36. The van der Waals surface area contributed by atoms with Gasteiger partial charge in [-0.05, 0) is 27.2 Å². The highest BCUT2D eigenvalue weighted by Crippen LogP contribution is 2.18. The van der Waals surface area contributed by atoms with E-state index in [1.165, 1.54) is 0 Å². The first kappa shape index (κ1) is 13.5. The number of hydrogen-bond donors (Lipinski definition) is 0. The summed E-state index contributed by atoms with van der Waals surface area (Å²) in [7, 11) is 0. The van der Waals surface area contributed by atoms with Crippen LogP contribution in [0.4, 0.5) is 9.59 Å². The Balaban J connectivity index is 2.50. The monoisotopic (exact) mass is 243 g/mol. The van der Waals surface area contributed by atoms with Crippen LogP contribution in [0, 0.1) is 5.92 Å². The van der Waals surface area contributed by atoms with Gasteiger partial charge in [0.25, 0.3) is 0 Å². The fraction of sp³-hybridized carbons (Fsp3) is 0.727. The third-order valence-corrected chi connectivity index (χ3v) is 2.25. The molecule has 96 valence electrons. The molecule has 0 aliphatic carbocycles. The lowest BCUT2D eigenvalue weighted by molar-refractivity contribution is -0.128. The Morgan fingerprint density at radius 3 is 2.35 bits per heavy atom. The van der Waals surface area contributed by atoms with Crippen LogP contribution in [0.15, 0.2) is 0 Å². The van der Waals surface area contributed by atoms with Crippen LogP contribution < -0.4 is 0 Å². The maximum atomic E-state index is 11.5. The second kappa shape index (κ2) is 4.73. The number of hydrogen-bond acceptors (Lipinski definition) is 5. The lowest BCUT2D eigenvalue weighted by Gasteiger charge is -2.19. The van der Waals surface area contributed by atoms with E-state index in [1.54, 1.807) is 27.7 Å². The van der Waals surface area contributed by atoms with E-state index in [9.17, 15) is 14.4 Å². The standard InChI is InChI=1S/C11H17NO5/c1-7-5-6-12(8(7)13)9(14)16-10(15)17-11(2,3)4/h7H,5-6H2,1-4H3/t7-/m1/s1. The summed E-state index contributed by atoms with van der Waals surface area (Å²) in [5, 5.41) is 0. The number of carbonyl (C=O) groups is 3. The van der Waals surface area contributed by atoms with Gasteiger partial charge in [0.1, 0.15) is 5.60 Å². The predicted molar refractivity (Wildman–Crippen MR) is 58.2 cm³/mol. The van der Waals surface area contributed by atoms with Crippen LogP contribution in [-0.4, -0.2) is 35.2 Å². The molecule has 0 radical (unpaired) electrons. The number of likely N-dealkylation sites (tertiary alicyclic amines) is 1. The fourth-order valence-electron chi connectivity index (χ4n) is 1.40. The molecule has 1 rings (SSSR count). The summed E-state index contributed by atoms with van der Waals surface area (Å²) in [4.78, 5) is 35.1. The Kier molecular flexibility index (Phi) is 3.75. The third-order valence-electron chi connectivity index (χ3n) is 2.25. The topological polar surface area (TPSA) is 72.9 Å². The molecule has 17 heavy (non-hydrogen) atoms. The average Bonchev–Trinajstić information content (AvgIpc) is 2.44. The molecular weight excluding hydrogens is 226 g/mol. The van der Waals surface area contributed by atoms with E-state index in [-0.39, 0.29) is 18.4 Å². The SMILES string of the molecule is C[C@@H]1CCN(C(=O)OC(=O)OC(C)(C)C)C1=O. The van der Waals surface area contributed by atoms with Gasteiger partial charge in [-0.3, -0.25) is 4.79 Å². The molecule has 0 bridgehead atoms. The average molecular weight is 243 g/mol. The number of imide groups is 1. The molecule has 6 nitrogen and oxygen atoms in total. The normalized spacial score (nSPS) is 20.4. The first-order chi connectivity index (χ1) is 7.70. The molecule has 6 heteroatoms. The lowest BCUT2D eigenvalue weighted by atomic mass is 10.1. The maximum absolute atomic E-state index is 11.5. The molecule has 1 fully saturated rings. The van der Waals surface area contributed by atoms with Crippen LogP contribution in [0.5, 0.6) is 0 Å². The molecule has 0 aromatic rings. The largest absolute Gasteiger partial charge is 0.517 e. The predicted octanol–water partition coefficient (Wildman–Crippen LogP) is 1.93. The van der Waals surface area contributed by atoms with E-state index in [0.717, 1.165) is 4.90 Å². The van der Waals surface area contributed by atoms with Crippen molar-refractivity contribution in [2.45, 2.75) is 39.7 Å². The van der Waals surface area contributed by atoms with Crippen LogP contribution in [0.25, 0.3) is 0 Å². The summed E-state index contributed by atoms with van der Waals surface area (Å²) in [5.74, 6) is -0.528. The van der Waals surface area contributed by atoms with Crippen molar-refractivity contribution in [3.05, 3.63) is 0 Å². The van der Waals surface area contributed by atoms with Gasteiger partial charge in [-0.15, -0.1) is 0 Å². The molecular formula is C11H17NO5. The van der Waals surface area contributed by atoms with Gasteiger partial charge in [0.2, 0.25) is 5.91 Å². The highest BCUT2D eigenvalue weighted by Gasteiger charge is 2.35. The highest BCUT2D eigenvalue weighted by molar-refractivity contribution is 5.97. The van der Waals surface area contributed by atoms with Crippen molar-refractivity contribution in [1.29, 1.82) is 0 Å². The van der Waals surface area contributed by atoms with E-state index in [2.05, 4.69) is 4.74 Å². The van der Waals surface area contributed by atoms with Crippen molar-refractivity contribution in [2.75, 3.05) is 6.54 Å². The molecule has 1 aliphatic heterocycles. The minimum absolute atomic E-state index is 0.207. The van der Waals surface area contributed by atoms with Gasteiger partial charge < -0.3 is 9.47 Å². The van der Waals surface area contributed by atoms with Crippen molar-refractivity contribution in [2.24, 2.45) is 5.92 Å². The first-order valence-electron chi connectivity index (χ1n) is 5.47. The van der Waals surface area contributed by atoms with Gasteiger partial charge in [0.05, 0.1) is 0 Å². The van der Waals surface area contributed by atoms with Crippen molar-refractivity contribution in [1.82, 2.24) is 4.90 Å². The minimum atomic E-state index is -1.09. The van der Waals surface area contributed by atoms with Crippen LogP contribution in [0.2, 0.25) is 0 Å². The third kappa shape index (κ3) is 3.72. The van der Waals surface area contributed by atoms with Crippen LogP contribution in [0.1, 0.15) is 34.1 Å². The van der Waals surface area contributed by atoms with Gasteiger partial charge in [0, 0.05) is 12.5 Å². The quantitative estimate of drug-likeness (QED) is 0.480. The van der Waals surface area contributed by atoms with Crippen LogP contribution in [-0.2, 0) is 14.3 Å². The summed E-state index contributed by atoms with van der Waals surface area (Å²) in [5.41, 5.74) is -0.736. The molecule has 1 aliphatic rings. The summed E-state index contributed by atoms with van der Waals surface area (Å²) in [6, 6.07) is 0. The molecule has 1 heterocycles. The van der Waals surface area contributed by atoms with Gasteiger partial charge in [0.15, 0.2) is 0 Å². The van der Waals surface area contributed by atoms with E-state index in [0.29, 0.717) is 6.42 Å². The summed E-state index contributed by atoms with van der Waals surface area (Å²) >= 11 is 0. The first-order valence-corrected chi connectivity index (χ1v) is 5.47. The Labute approximate surface area is 99.9 Å². The minimum Gasteiger partial charge on any atom is -0.428 e. The molecule has 0 spiro atoms. The smallest absolute Gasteiger partial charge is 0.428 e. The van der Waals surface area contributed by atoms with E-state index in [1.807, 2.05) is 0 Å². The van der Waals surface area contributed by atoms with Crippen LogP contribution >= 0.6 is 0 Å². The zero-order valence-electron chi connectivity index (χ0n) is 10.5. The maximum Gasteiger partial charge on any atom is 0.517 e. The Hall–Kier alpha value is -1.59. The number of rotatable bonds is 0. The summed E-state index contributed by atoms with van der Waals surface area (Å²) in [6.45, 7) is 6.97. The number of amides is 2. The molecule has 0 N–H and O–H groups in total. The Morgan fingerprint density at radius 2 is 1.94 bits per heavy atom. The van der Waals surface area contributed by atoms with E-state index in [4.69, 9.17) is 4.74 Å². The Morgan fingerprint density at radius 1 is 1.35 bits per heavy atom. The zero-order chi connectivity index (χ0) is 13.2. The van der Waals surface area contributed by atoms with Gasteiger partial charge in [-0.2, -0.15) is 0 Å². The van der Waals surface area contributed by atoms with Crippen molar-refractivity contribution >= 4 is 18.2 Å². The second-order valence-electron chi connectivity index (χ2n) is 5.01. The summed E-state index contributed by atoms with van der Waals surface area (Å²) < 4.78 is 9.24. The van der Waals surface area contributed by atoms with Crippen molar-refractivity contribution in [3.63, 3.8) is 0 Å². The van der Waals surface area contributed by atoms with Gasteiger partial charge in [-0.25, -0.2) is 14.5 Å². The number of ether oxygens (including phenoxy) is 2. The zero-order valence-corrected chi connectivity index (χ0v) is 10.5. The van der Waals surface area contributed by atoms with Gasteiger partial charge >= 0.3 is 12.2 Å². The Bertz CT molecular complexity index is 344. The second-order valence-corrected chi connectivity index (χ2v) is 5.01. The summed E-state index contributed by atoms with van der Waals surface area (Å²) in [6.07, 6.45) is -1.47. The van der Waals surface area contributed by atoms with E-state index < -0.39 is 17.8 Å². The highest BCUT2D eigenvalue weighted by atomic mass is 16.8. The number of carbonyl (C=O) groups excluding carboxylic acids is 3. The molecule has 0 aromatic heterocycles. The number of nitrogens with zero attached hydrogens (tertiary/aromatic N) is 1. The molecule has 2 amide bonds.